The number of carbonyl (C=O) groups excluding carboxylic acids is 1. The van der Waals surface area contributed by atoms with Crippen LogP contribution in [0.2, 0.25) is 0 Å². The zero-order valence-electron chi connectivity index (χ0n) is 62.2. The van der Waals surface area contributed by atoms with Gasteiger partial charge in [0.2, 0.25) is 0 Å². The van der Waals surface area contributed by atoms with Crippen LogP contribution >= 0.6 is 0 Å². The summed E-state index contributed by atoms with van der Waals surface area (Å²) in [6.45, 7) is 1.26. The maximum Gasteiger partial charge on any atom is 0.305 e. The molecule has 3 aliphatic heterocycles. The molecule has 0 amide bonds. The lowest BCUT2D eigenvalue weighted by molar-refractivity contribution is -0.403. The van der Waals surface area contributed by atoms with E-state index in [1.807, 2.05) is 273 Å². The Bertz CT molecular complexity index is 3900. The van der Waals surface area contributed by atoms with Gasteiger partial charge in [-0.25, -0.2) is 0 Å². The number of aliphatic hydroxyl groups is 1. The second kappa shape index (κ2) is 44.6. The molecular formula is C91H104O18. The largest absolute Gasteiger partial charge is 0.469 e. The number of hydrogen-bond donors (Lipinski definition) is 1. The maximum atomic E-state index is 11.9. The summed E-state index contributed by atoms with van der Waals surface area (Å²) in [5.41, 5.74) is 8.21. The third-order valence-corrected chi connectivity index (χ3v) is 19.6. The highest BCUT2D eigenvalue weighted by atomic mass is 16.8. The molecule has 0 aromatic heterocycles. The first kappa shape index (κ1) is 80.3. The van der Waals surface area contributed by atoms with Gasteiger partial charge in [0.1, 0.15) is 73.2 Å². The summed E-state index contributed by atoms with van der Waals surface area (Å²) in [5.74, 6) is -0.206. The van der Waals surface area contributed by atoms with E-state index >= 15 is 0 Å². The topological polar surface area (TPSA) is 185 Å². The van der Waals surface area contributed by atoms with Crippen molar-refractivity contribution in [2.75, 3.05) is 33.5 Å². The van der Waals surface area contributed by atoms with Crippen molar-refractivity contribution in [1.82, 2.24) is 0 Å². The lowest BCUT2D eigenvalue weighted by Crippen LogP contribution is -2.68. The molecule has 0 spiro atoms. The zero-order valence-corrected chi connectivity index (χ0v) is 62.2. The molecule has 0 radical (unpaired) electrons. The number of benzene rings is 9. The fraction of sp³-hybridized carbons (Fsp3) is 0.396. The molecule has 12 rings (SSSR count). The molecule has 0 saturated carbocycles. The molecule has 3 fully saturated rings. The molecule has 18 nitrogen and oxygen atoms in total. The van der Waals surface area contributed by atoms with E-state index < -0.39 is 98.7 Å². The Kier molecular flexibility index (Phi) is 32.9. The Labute approximate surface area is 641 Å². The van der Waals surface area contributed by atoms with Crippen molar-refractivity contribution in [2.24, 2.45) is 0 Å². The molecule has 3 aliphatic rings. The fourth-order valence-electron chi connectivity index (χ4n) is 13.8. The van der Waals surface area contributed by atoms with Crippen molar-refractivity contribution in [3.8, 4) is 0 Å². The smallest absolute Gasteiger partial charge is 0.305 e. The van der Waals surface area contributed by atoms with Gasteiger partial charge in [-0.15, -0.1) is 0 Å². The Morgan fingerprint density at radius 3 is 0.899 bits per heavy atom. The Balaban J connectivity index is 0.992. The second-order valence-corrected chi connectivity index (χ2v) is 27.7. The van der Waals surface area contributed by atoms with E-state index in [1.165, 1.54) is 7.11 Å². The second-order valence-electron chi connectivity index (χ2n) is 27.7. The van der Waals surface area contributed by atoms with Gasteiger partial charge in [0, 0.05) is 13.0 Å². The minimum absolute atomic E-state index is 0.00252. The number of ether oxygens (including phenoxy) is 16. The van der Waals surface area contributed by atoms with E-state index in [9.17, 15) is 9.90 Å². The van der Waals surface area contributed by atoms with Gasteiger partial charge >= 0.3 is 5.97 Å². The van der Waals surface area contributed by atoms with Crippen LogP contribution in [0.5, 0.6) is 0 Å². The van der Waals surface area contributed by atoms with Gasteiger partial charge in [0.15, 0.2) is 18.9 Å². The number of rotatable bonds is 44. The number of unbranched alkanes of at least 4 members (excludes halogenated alkanes) is 5. The van der Waals surface area contributed by atoms with Crippen LogP contribution in [0.25, 0.3) is 0 Å². The molecule has 0 bridgehead atoms. The highest BCUT2D eigenvalue weighted by molar-refractivity contribution is 5.69. The highest BCUT2D eigenvalue weighted by Crippen LogP contribution is 2.40. The predicted octanol–water partition coefficient (Wildman–Crippen LogP) is 15.4. The number of hydrogen-bond acceptors (Lipinski definition) is 18. The first-order chi connectivity index (χ1) is 53.9. The summed E-state index contributed by atoms with van der Waals surface area (Å²) in [6, 6.07) is 89.6. The Morgan fingerprint density at radius 1 is 0.284 bits per heavy atom. The van der Waals surface area contributed by atoms with Gasteiger partial charge in [-0.05, 0) is 62.9 Å². The summed E-state index contributed by atoms with van der Waals surface area (Å²) >= 11 is 0. The van der Waals surface area contributed by atoms with Crippen LogP contribution in [0.3, 0.4) is 0 Å². The summed E-state index contributed by atoms with van der Waals surface area (Å²) in [5, 5.41) is 11.8. The average Bonchev–Trinajstić information content (AvgIpc) is 0.763. The zero-order chi connectivity index (χ0) is 74.7. The van der Waals surface area contributed by atoms with Crippen molar-refractivity contribution in [3.05, 3.63) is 323 Å². The van der Waals surface area contributed by atoms with Crippen molar-refractivity contribution >= 4 is 5.97 Å². The van der Waals surface area contributed by atoms with E-state index in [-0.39, 0.29) is 85.3 Å². The third kappa shape index (κ3) is 25.2. The molecule has 0 unspecified atom stereocenters. The van der Waals surface area contributed by atoms with Gasteiger partial charge in [-0.2, -0.15) is 0 Å². The van der Waals surface area contributed by atoms with Crippen molar-refractivity contribution in [1.29, 1.82) is 0 Å². The van der Waals surface area contributed by atoms with E-state index in [0.717, 1.165) is 82.2 Å². The first-order valence-electron chi connectivity index (χ1n) is 38.3. The number of aliphatic hydroxyl groups excluding tert-OH is 1. The SMILES string of the molecule is COC(=O)CCCCCCCCO[C@@H]1O[C@H](CO)[C@@H](OCc2ccccc2)[C@H](O[C@H]2O[C@H](COCc3ccccc3)[C@@H](OCc3ccccc3)[C@H](OCc3ccccc3)[C@@H]2O[C@H]2O[C@H](COCc3ccccc3)[C@@H](OCc3ccccc3)[C@H](OCc3ccccc3)[C@@H]2OCc2ccccc2)[C@@H]1OCc1ccccc1. The van der Waals surface area contributed by atoms with Crippen LogP contribution in [-0.2, 0) is 140 Å². The van der Waals surface area contributed by atoms with Gasteiger partial charge < -0.3 is 80.9 Å². The van der Waals surface area contributed by atoms with E-state index in [4.69, 9.17) is 75.8 Å². The summed E-state index contributed by atoms with van der Waals surface area (Å²) in [6.07, 6.45) is -10.7. The minimum atomic E-state index is -1.45. The highest BCUT2D eigenvalue weighted by Gasteiger charge is 2.58. The van der Waals surface area contributed by atoms with Crippen molar-refractivity contribution in [2.45, 2.75) is 197 Å². The van der Waals surface area contributed by atoms with Crippen LogP contribution in [0, 0.1) is 0 Å². The molecule has 109 heavy (non-hydrogen) atoms. The predicted molar refractivity (Wildman–Crippen MR) is 410 cm³/mol. The molecule has 576 valence electrons. The fourth-order valence-corrected chi connectivity index (χ4v) is 13.8. The van der Waals surface area contributed by atoms with Gasteiger partial charge in [0.05, 0.1) is 86.4 Å². The van der Waals surface area contributed by atoms with Crippen LogP contribution in [-0.4, -0.2) is 137 Å². The molecular weight excluding hydrogens is 1380 g/mol. The molecule has 18 heteroatoms. The first-order valence-corrected chi connectivity index (χ1v) is 38.3. The Morgan fingerprint density at radius 2 is 0.550 bits per heavy atom. The molecule has 9 aromatic rings. The number of methoxy groups -OCH3 is 1. The molecule has 0 aliphatic carbocycles. The Hall–Kier alpha value is -8.19. The van der Waals surface area contributed by atoms with E-state index in [0.29, 0.717) is 12.8 Å². The number of esters is 1. The molecule has 15 atom stereocenters. The monoisotopic (exact) mass is 1480 g/mol. The maximum absolute atomic E-state index is 11.9. The molecule has 3 saturated heterocycles. The molecule has 3 heterocycles. The third-order valence-electron chi connectivity index (χ3n) is 19.6. The summed E-state index contributed by atoms with van der Waals surface area (Å²) < 4.78 is 114. The molecule has 9 aromatic carbocycles. The molecule has 1 N–H and O–H groups in total. The normalized spacial score (nSPS) is 24.1. The quantitative estimate of drug-likeness (QED) is 0.0280. The van der Waals surface area contributed by atoms with E-state index in [2.05, 4.69) is 0 Å². The van der Waals surface area contributed by atoms with Crippen molar-refractivity contribution < 1.29 is 85.7 Å². The summed E-state index contributed by atoms with van der Waals surface area (Å²) in [4.78, 5) is 11.9. The average molecular weight is 1490 g/mol. The van der Waals surface area contributed by atoms with Gasteiger partial charge in [0.25, 0.3) is 0 Å². The lowest BCUT2D eigenvalue weighted by atomic mass is 9.95. The number of carbonyl (C=O) groups is 1. The minimum Gasteiger partial charge on any atom is -0.469 e. The van der Waals surface area contributed by atoms with E-state index in [1.54, 1.807) is 0 Å². The summed E-state index contributed by atoms with van der Waals surface area (Å²) in [7, 11) is 1.42. The van der Waals surface area contributed by atoms with Gasteiger partial charge in [-0.3, -0.25) is 4.79 Å². The standard InChI is InChI=1S/C91H104O18/c1-94-79(93)53-33-4-2-3-5-34-54-97-89-87(104-64-75-51-31-14-32-52-75)85(80(76(55-92)105-89)98-58-69-39-19-8-20-40-69)108-91-88(84(102-62-73-47-27-12-28-48-73)82(100-60-71-43-23-10-24-44-71)78(107-91)66-96-57-68-37-17-7-18-38-68)109-90-86(103-63-74-49-29-13-30-50-74)83(101-61-72-45-25-11-26-46-72)81(99-59-70-41-21-9-22-42-70)77(106-90)65-95-56-67-35-15-6-16-36-67/h6-32,35-52,76-78,80-92H,2-5,33-34,53-66H2,1H3/t76-,77-,78-,80-,81-,82-,83+,84+,85+,86+,87+,88+,89-,90-,91-/m1/s1. The van der Waals surface area contributed by atoms with Gasteiger partial charge in [-0.1, -0.05) is 299 Å². The lowest BCUT2D eigenvalue weighted by Gasteiger charge is -2.52. The van der Waals surface area contributed by atoms with Crippen LogP contribution < -0.4 is 0 Å². The van der Waals surface area contributed by atoms with Crippen LogP contribution in [0.1, 0.15) is 95.0 Å². The van der Waals surface area contributed by atoms with Crippen LogP contribution in [0.4, 0.5) is 0 Å². The van der Waals surface area contributed by atoms with Crippen LogP contribution in [0.15, 0.2) is 273 Å². The van der Waals surface area contributed by atoms with Crippen molar-refractivity contribution in [3.63, 3.8) is 0 Å².